The first kappa shape index (κ1) is 28.9. The summed E-state index contributed by atoms with van der Waals surface area (Å²) >= 11 is 0. The Bertz CT molecular complexity index is 1900. The number of rotatable bonds is 11. The van der Waals surface area contributed by atoms with Crippen LogP contribution < -0.4 is 15.4 Å². The lowest BCUT2D eigenvalue weighted by molar-refractivity contribution is -0.126. The topological polar surface area (TPSA) is 113 Å². The van der Waals surface area contributed by atoms with Crippen molar-refractivity contribution in [1.82, 2.24) is 35.4 Å². The van der Waals surface area contributed by atoms with Crippen LogP contribution in [0.4, 0.5) is 0 Å². The van der Waals surface area contributed by atoms with E-state index in [4.69, 9.17) is 14.9 Å². The van der Waals surface area contributed by atoms with Crippen molar-refractivity contribution in [3.8, 4) is 5.75 Å². The van der Waals surface area contributed by atoms with Gasteiger partial charge in [-0.2, -0.15) is 0 Å². The molecule has 0 radical (unpaired) electrons. The molecule has 0 bridgehead atoms. The van der Waals surface area contributed by atoms with E-state index in [1.807, 2.05) is 30.5 Å². The van der Waals surface area contributed by atoms with Gasteiger partial charge in [-0.1, -0.05) is 48.5 Å². The van der Waals surface area contributed by atoms with E-state index in [1.165, 1.54) is 10.9 Å². The molecule has 1 amide bonds. The molecule has 1 fully saturated rings. The maximum atomic E-state index is 13.7. The monoisotopic (exact) mass is 601 g/mol. The third kappa shape index (κ3) is 6.21. The van der Waals surface area contributed by atoms with Crippen LogP contribution in [0.2, 0.25) is 0 Å². The number of piperidine rings is 1. The number of nitrogens with one attached hydrogen (secondary N) is 4. The van der Waals surface area contributed by atoms with Crippen molar-refractivity contribution in [2.75, 3.05) is 20.2 Å². The highest BCUT2D eigenvalue weighted by atomic mass is 16.5. The molecule has 1 saturated heterocycles. The molecule has 7 rings (SSSR count). The van der Waals surface area contributed by atoms with Crippen molar-refractivity contribution in [3.63, 3.8) is 0 Å². The van der Waals surface area contributed by atoms with Crippen LogP contribution in [0.25, 0.3) is 21.8 Å². The van der Waals surface area contributed by atoms with E-state index in [2.05, 4.69) is 79.9 Å². The second-order valence-electron chi connectivity index (χ2n) is 11.9. The van der Waals surface area contributed by atoms with Crippen LogP contribution in [-0.4, -0.2) is 50.8 Å². The lowest BCUT2D eigenvalue weighted by Gasteiger charge is -2.26. The first-order chi connectivity index (χ1) is 22.2. The van der Waals surface area contributed by atoms with Gasteiger partial charge >= 0.3 is 0 Å². The van der Waals surface area contributed by atoms with Crippen molar-refractivity contribution >= 4 is 27.7 Å². The van der Waals surface area contributed by atoms with E-state index in [1.54, 1.807) is 7.11 Å². The van der Waals surface area contributed by atoms with E-state index in [0.717, 1.165) is 70.8 Å². The number of nitrogens with zero attached hydrogens (tertiary/aromatic N) is 3. The fourth-order valence-electron chi connectivity index (χ4n) is 6.56. The largest absolute Gasteiger partial charge is 0.497 e. The molecule has 4 heterocycles. The van der Waals surface area contributed by atoms with Gasteiger partial charge in [0.05, 0.1) is 25.6 Å². The second-order valence-corrected chi connectivity index (χ2v) is 11.9. The summed E-state index contributed by atoms with van der Waals surface area (Å²) in [7, 11) is 1.68. The maximum Gasteiger partial charge on any atom is 0.224 e. The minimum Gasteiger partial charge on any atom is -0.497 e. The minimum atomic E-state index is -0.355. The number of ether oxygens (including phenoxy) is 1. The molecule has 0 unspecified atom stereocenters. The van der Waals surface area contributed by atoms with Crippen molar-refractivity contribution in [2.24, 2.45) is 5.92 Å². The normalized spacial score (nSPS) is 15.8. The molecule has 1 aliphatic heterocycles. The van der Waals surface area contributed by atoms with Gasteiger partial charge in [-0.25, -0.2) is 0 Å². The first-order valence-electron chi connectivity index (χ1n) is 15.8. The molecule has 4 N–H and O–H groups in total. The Labute approximate surface area is 262 Å². The number of aromatic amines is 2. The van der Waals surface area contributed by atoms with E-state index in [9.17, 15) is 4.79 Å². The standard InChI is InChI=1S/C36H39N7O2/c1-45-28-15-12-24(13-16-28)23-43-34(17-14-25-21-38-31-10-4-2-8-29(25)31)41-42-35(43)33(40-36(44)26-7-6-18-37-20-26)19-27-22-39-32-11-5-3-9-30(27)32/h2-5,8-13,15-16,21-22,26,33,37-39H,6-7,14,17-20,23H2,1H3,(H,40,44)/t26-,33+/m1/s1. The van der Waals surface area contributed by atoms with E-state index in [0.29, 0.717) is 25.9 Å². The molecule has 3 aromatic heterocycles. The molecule has 9 heteroatoms. The number of benzene rings is 3. The highest BCUT2D eigenvalue weighted by Crippen LogP contribution is 2.27. The summed E-state index contributed by atoms with van der Waals surface area (Å²) in [6.45, 7) is 2.24. The number of aromatic nitrogens is 5. The Morgan fingerprint density at radius 1 is 0.933 bits per heavy atom. The van der Waals surface area contributed by atoms with Crippen molar-refractivity contribution in [1.29, 1.82) is 0 Å². The van der Waals surface area contributed by atoms with Crippen LogP contribution in [0.15, 0.2) is 85.2 Å². The van der Waals surface area contributed by atoms with Gasteiger partial charge in [0, 0.05) is 53.6 Å². The van der Waals surface area contributed by atoms with Crippen LogP contribution in [0.1, 0.15) is 47.2 Å². The number of carbonyl (C=O) groups is 1. The molecule has 3 aromatic carbocycles. The quantitative estimate of drug-likeness (QED) is 0.157. The van der Waals surface area contributed by atoms with Crippen LogP contribution in [0.5, 0.6) is 5.75 Å². The molecular formula is C36H39N7O2. The smallest absolute Gasteiger partial charge is 0.224 e. The molecule has 1 aliphatic rings. The number of hydrogen-bond donors (Lipinski definition) is 4. The van der Waals surface area contributed by atoms with Gasteiger partial charge in [-0.15, -0.1) is 10.2 Å². The number of H-pyrrole nitrogens is 2. The molecule has 9 nitrogen and oxygen atoms in total. The van der Waals surface area contributed by atoms with E-state index in [-0.39, 0.29) is 17.9 Å². The SMILES string of the molecule is COc1ccc(Cn2c(CCc3c[nH]c4ccccc34)nnc2[C@H](Cc2c[nH]c3ccccc23)NC(=O)[C@@H]2CCCNC2)cc1. The van der Waals surface area contributed by atoms with Gasteiger partial charge in [0.1, 0.15) is 11.6 Å². The number of carbonyl (C=O) groups excluding carboxylic acids is 1. The van der Waals surface area contributed by atoms with E-state index >= 15 is 0 Å². The number of hydrogen-bond acceptors (Lipinski definition) is 5. The average molecular weight is 602 g/mol. The Balaban J connectivity index is 1.25. The summed E-state index contributed by atoms with van der Waals surface area (Å²) in [4.78, 5) is 20.5. The molecular weight excluding hydrogens is 562 g/mol. The highest BCUT2D eigenvalue weighted by Gasteiger charge is 2.28. The number of fused-ring (bicyclic) bond motifs is 2. The molecule has 0 aliphatic carbocycles. The summed E-state index contributed by atoms with van der Waals surface area (Å²) in [5.41, 5.74) is 5.70. The summed E-state index contributed by atoms with van der Waals surface area (Å²) in [5, 5.41) is 18.8. The number of amides is 1. The fraction of sp³-hybridized carbons (Fsp3) is 0.306. The Kier molecular flexibility index (Phi) is 8.33. The minimum absolute atomic E-state index is 0.0615. The van der Waals surface area contributed by atoms with Gasteiger partial charge in [0.2, 0.25) is 5.91 Å². The summed E-state index contributed by atoms with van der Waals surface area (Å²) < 4.78 is 7.61. The van der Waals surface area contributed by atoms with Crippen molar-refractivity contribution < 1.29 is 9.53 Å². The second kappa shape index (κ2) is 13.0. The number of methoxy groups -OCH3 is 1. The van der Waals surface area contributed by atoms with Crippen molar-refractivity contribution in [3.05, 3.63) is 114 Å². The summed E-state index contributed by atoms with van der Waals surface area (Å²) in [6.07, 6.45) is 8.15. The number of aryl methyl sites for hydroxylation is 2. The Hall–Kier alpha value is -4.89. The maximum absolute atomic E-state index is 13.7. The van der Waals surface area contributed by atoms with E-state index < -0.39 is 0 Å². The molecule has 45 heavy (non-hydrogen) atoms. The highest BCUT2D eigenvalue weighted by molar-refractivity contribution is 5.84. The van der Waals surface area contributed by atoms with Crippen LogP contribution in [-0.2, 0) is 30.6 Å². The predicted octanol–water partition coefficient (Wildman–Crippen LogP) is 5.48. The Morgan fingerprint density at radius 2 is 1.64 bits per heavy atom. The predicted molar refractivity (Wildman–Crippen MR) is 176 cm³/mol. The van der Waals surface area contributed by atoms with Crippen LogP contribution in [0, 0.1) is 5.92 Å². The zero-order chi connectivity index (χ0) is 30.6. The average Bonchev–Trinajstić information content (AvgIpc) is 3.81. The zero-order valence-corrected chi connectivity index (χ0v) is 25.6. The fourth-order valence-corrected chi connectivity index (χ4v) is 6.56. The summed E-state index contributed by atoms with van der Waals surface area (Å²) in [6, 6.07) is 24.4. The Morgan fingerprint density at radius 3 is 2.36 bits per heavy atom. The summed E-state index contributed by atoms with van der Waals surface area (Å²) in [5.74, 6) is 2.47. The first-order valence-corrected chi connectivity index (χ1v) is 15.8. The van der Waals surface area contributed by atoms with Gasteiger partial charge < -0.3 is 29.9 Å². The molecule has 6 aromatic rings. The van der Waals surface area contributed by atoms with Gasteiger partial charge in [-0.05, 0) is 66.8 Å². The lowest BCUT2D eigenvalue weighted by Crippen LogP contribution is -2.42. The molecule has 0 saturated carbocycles. The molecule has 230 valence electrons. The van der Waals surface area contributed by atoms with Gasteiger partial charge in [0.15, 0.2) is 5.82 Å². The molecule has 2 atom stereocenters. The van der Waals surface area contributed by atoms with Crippen LogP contribution in [0.3, 0.4) is 0 Å². The third-order valence-electron chi connectivity index (χ3n) is 9.04. The lowest BCUT2D eigenvalue weighted by atomic mass is 9.97. The van der Waals surface area contributed by atoms with Gasteiger partial charge in [-0.3, -0.25) is 4.79 Å². The van der Waals surface area contributed by atoms with Crippen molar-refractivity contribution in [2.45, 2.75) is 44.7 Å². The van der Waals surface area contributed by atoms with Gasteiger partial charge in [0.25, 0.3) is 0 Å². The number of para-hydroxylation sites is 2. The third-order valence-corrected chi connectivity index (χ3v) is 9.04. The zero-order valence-electron chi connectivity index (χ0n) is 25.6. The molecule has 0 spiro atoms. The van der Waals surface area contributed by atoms with Crippen LogP contribution >= 0.6 is 0 Å².